The number of nitrogens with one attached hydrogen (secondary N) is 1. The van der Waals surface area contributed by atoms with Crippen molar-refractivity contribution in [2.24, 2.45) is 0 Å². The zero-order valence-corrected chi connectivity index (χ0v) is 21.8. The molecule has 202 valence electrons. The van der Waals surface area contributed by atoms with Gasteiger partial charge in [-0.3, -0.25) is 9.59 Å². The number of carbonyl (C=O) groups excluding carboxylic acids is 2. The minimum Gasteiger partial charge on any atom is -0.464 e. The van der Waals surface area contributed by atoms with E-state index in [2.05, 4.69) is 10.3 Å². The highest BCUT2D eigenvalue weighted by molar-refractivity contribution is 7.15. The SMILES string of the molecule is O=C(NC[C@@H]1CCCCN1C(=O)c1nc(C2CC2)sc1-c1cccc(C(F)(F)F)c1)c1cccc2occc12. The van der Waals surface area contributed by atoms with Gasteiger partial charge in [0.15, 0.2) is 0 Å². The first-order valence-corrected chi connectivity index (χ1v) is 13.8. The molecule has 1 aliphatic heterocycles. The van der Waals surface area contributed by atoms with Crippen molar-refractivity contribution in [3.8, 4) is 10.4 Å². The number of alkyl halides is 3. The number of amides is 2. The zero-order chi connectivity index (χ0) is 27.1. The molecule has 0 spiro atoms. The molecule has 10 heteroatoms. The molecule has 2 aliphatic rings. The van der Waals surface area contributed by atoms with Crippen molar-refractivity contribution in [2.75, 3.05) is 13.1 Å². The number of hydrogen-bond acceptors (Lipinski definition) is 5. The number of furan rings is 1. The molecule has 4 aromatic rings. The van der Waals surface area contributed by atoms with E-state index in [1.165, 1.54) is 23.7 Å². The fraction of sp³-hybridized carbons (Fsp3) is 0.345. The Morgan fingerprint density at radius 3 is 2.69 bits per heavy atom. The van der Waals surface area contributed by atoms with E-state index >= 15 is 0 Å². The molecule has 2 aromatic carbocycles. The van der Waals surface area contributed by atoms with Crippen molar-refractivity contribution in [3.63, 3.8) is 0 Å². The maximum Gasteiger partial charge on any atom is 0.416 e. The lowest BCUT2D eigenvalue weighted by molar-refractivity contribution is -0.137. The lowest BCUT2D eigenvalue weighted by Gasteiger charge is -2.35. The summed E-state index contributed by atoms with van der Waals surface area (Å²) in [7, 11) is 0. The van der Waals surface area contributed by atoms with E-state index in [1.54, 1.807) is 35.2 Å². The zero-order valence-electron chi connectivity index (χ0n) is 21.0. The van der Waals surface area contributed by atoms with Gasteiger partial charge in [-0.1, -0.05) is 18.2 Å². The molecule has 0 bridgehead atoms. The standard InChI is InChI=1S/C29H26F3N3O3S/c30-29(31,32)19-6-3-5-18(15-19)25-24(34-27(39-25)17-10-11-17)28(37)35-13-2-1-7-20(35)16-33-26(36)22-8-4-9-23-21(22)12-14-38-23/h3-6,8-9,12,14-15,17,20H,1-2,7,10-11,13,16H2,(H,33,36)/t20-/m0/s1. The first kappa shape index (κ1) is 25.6. The molecule has 1 aliphatic carbocycles. The van der Waals surface area contributed by atoms with E-state index in [4.69, 9.17) is 4.42 Å². The van der Waals surface area contributed by atoms with Gasteiger partial charge in [0.05, 0.1) is 27.3 Å². The van der Waals surface area contributed by atoms with Gasteiger partial charge in [-0.2, -0.15) is 13.2 Å². The molecule has 2 aromatic heterocycles. The first-order valence-electron chi connectivity index (χ1n) is 13.0. The summed E-state index contributed by atoms with van der Waals surface area (Å²) in [6.45, 7) is 0.756. The molecular formula is C29H26F3N3O3S. The van der Waals surface area contributed by atoms with Crippen molar-refractivity contribution < 1.29 is 27.2 Å². The minimum absolute atomic E-state index is 0.197. The van der Waals surface area contributed by atoms with Crippen LogP contribution in [0, 0.1) is 0 Å². The topological polar surface area (TPSA) is 75.4 Å². The van der Waals surface area contributed by atoms with Crippen LogP contribution in [0.15, 0.2) is 59.2 Å². The predicted molar refractivity (Wildman–Crippen MR) is 142 cm³/mol. The maximum atomic E-state index is 13.9. The number of thiazole rings is 1. The Bertz CT molecular complexity index is 1540. The van der Waals surface area contributed by atoms with Gasteiger partial charge >= 0.3 is 6.18 Å². The smallest absolute Gasteiger partial charge is 0.416 e. The summed E-state index contributed by atoms with van der Waals surface area (Å²) >= 11 is 1.31. The first-order chi connectivity index (χ1) is 18.8. The van der Waals surface area contributed by atoms with Crippen molar-refractivity contribution in [3.05, 3.63) is 76.6 Å². The van der Waals surface area contributed by atoms with Gasteiger partial charge in [0.1, 0.15) is 11.3 Å². The van der Waals surface area contributed by atoms with Gasteiger partial charge in [-0.25, -0.2) is 4.98 Å². The molecule has 2 amide bonds. The number of rotatable bonds is 6. The highest BCUT2D eigenvalue weighted by Crippen LogP contribution is 2.45. The molecule has 0 radical (unpaired) electrons. The minimum atomic E-state index is -4.48. The van der Waals surface area contributed by atoms with Crippen LogP contribution in [0.3, 0.4) is 0 Å². The molecule has 3 heterocycles. The second-order valence-corrected chi connectivity index (χ2v) is 11.1. The monoisotopic (exact) mass is 553 g/mol. The Hall–Kier alpha value is -3.66. The van der Waals surface area contributed by atoms with Crippen molar-refractivity contribution in [2.45, 2.75) is 50.2 Å². The number of nitrogens with zero attached hydrogens (tertiary/aromatic N) is 2. The van der Waals surface area contributed by atoms with Gasteiger partial charge < -0.3 is 14.6 Å². The van der Waals surface area contributed by atoms with Crippen LogP contribution in [-0.4, -0.2) is 40.8 Å². The summed E-state index contributed by atoms with van der Waals surface area (Å²) in [6.07, 6.45) is 1.40. The molecule has 2 fully saturated rings. The summed E-state index contributed by atoms with van der Waals surface area (Å²) in [5.41, 5.74) is 0.894. The van der Waals surface area contributed by atoms with E-state index in [0.29, 0.717) is 39.9 Å². The Balaban J connectivity index is 1.26. The Kier molecular flexibility index (Phi) is 6.66. The van der Waals surface area contributed by atoms with E-state index in [-0.39, 0.29) is 36.0 Å². The van der Waals surface area contributed by atoms with Gasteiger partial charge in [-0.15, -0.1) is 11.3 Å². The van der Waals surface area contributed by atoms with Gasteiger partial charge in [-0.05, 0) is 68.0 Å². The number of likely N-dealkylation sites (tertiary alicyclic amines) is 1. The van der Waals surface area contributed by atoms with Crippen LogP contribution < -0.4 is 5.32 Å². The third-order valence-corrected chi connectivity index (χ3v) is 8.62. The number of hydrogen-bond donors (Lipinski definition) is 1. The van der Waals surface area contributed by atoms with Gasteiger partial charge in [0, 0.05) is 30.4 Å². The average Bonchev–Trinajstić information content (AvgIpc) is 3.50. The molecule has 0 unspecified atom stereocenters. The molecule has 1 saturated heterocycles. The second kappa shape index (κ2) is 10.1. The Morgan fingerprint density at radius 2 is 1.90 bits per heavy atom. The Morgan fingerprint density at radius 1 is 1.08 bits per heavy atom. The van der Waals surface area contributed by atoms with E-state index in [0.717, 1.165) is 42.8 Å². The quantitative estimate of drug-likeness (QED) is 0.283. The summed E-state index contributed by atoms with van der Waals surface area (Å²) in [5, 5.41) is 4.48. The van der Waals surface area contributed by atoms with Crippen LogP contribution in [0.2, 0.25) is 0 Å². The van der Waals surface area contributed by atoms with Crippen LogP contribution in [0.4, 0.5) is 13.2 Å². The number of carbonyl (C=O) groups is 2. The van der Waals surface area contributed by atoms with Crippen LogP contribution in [0.5, 0.6) is 0 Å². The lowest BCUT2D eigenvalue weighted by atomic mass is 10.0. The summed E-state index contributed by atoms with van der Waals surface area (Å²) in [4.78, 5) is 33.8. The highest BCUT2D eigenvalue weighted by Gasteiger charge is 2.36. The molecule has 1 saturated carbocycles. The number of halogens is 3. The number of aromatic nitrogens is 1. The van der Waals surface area contributed by atoms with Crippen LogP contribution in [-0.2, 0) is 6.18 Å². The van der Waals surface area contributed by atoms with Crippen molar-refractivity contribution in [1.29, 1.82) is 0 Å². The molecule has 1 N–H and O–H groups in total. The number of benzene rings is 2. The molecule has 6 rings (SSSR count). The molecule has 6 nitrogen and oxygen atoms in total. The summed E-state index contributed by atoms with van der Waals surface area (Å²) in [5.74, 6) is -0.307. The van der Waals surface area contributed by atoms with E-state index in [1.807, 2.05) is 0 Å². The van der Waals surface area contributed by atoms with Crippen molar-refractivity contribution in [1.82, 2.24) is 15.2 Å². The molecular weight excluding hydrogens is 527 g/mol. The molecule has 39 heavy (non-hydrogen) atoms. The van der Waals surface area contributed by atoms with E-state index in [9.17, 15) is 22.8 Å². The Labute approximate surface area is 226 Å². The maximum absolute atomic E-state index is 13.9. The summed E-state index contributed by atoms with van der Waals surface area (Å²) < 4.78 is 45.7. The number of piperidine rings is 1. The van der Waals surface area contributed by atoms with Gasteiger partial charge in [0.2, 0.25) is 0 Å². The third-order valence-electron chi connectivity index (χ3n) is 7.35. The van der Waals surface area contributed by atoms with Crippen LogP contribution >= 0.6 is 11.3 Å². The van der Waals surface area contributed by atoms with Crippen LogP contribution in [0.1, 0.15) is 69.4 Å². The third kappa shape index (κ3) is 5.17. The number of fused-ring (bicyclic) bond motifs is 1. The van der Waals surface area contributed by atoms with Crippen molar-refractivity contribution >= 4 is 34.1 Å². The largest absolute Gasteiger partial charge is 0.464 e. The fourth-order valence-electron chi connectivity index (χ4n) is 5.13. The second-order valence-electron chi connectivity index (χ2n) is 10.1. The van der Waals surface area contributed by atoms with E-state index < -0.39 is 11.7 Å². The fourth-order valence-corrected chi connectivity index (χ4v) is 6.36. The average molecular weight is 554 g/mol. The highest BCUT2D eigenvalue weighted by atomic mass is 32.1. The predicted octanol–water partition coefficient (Wildman–Crippen LogP) is 6.88. The lowest BCUT2D eigenvalue weighted by Crippen LogP contribution is -2.49. The normalized spacial score (nSPS) is 17.9. The molecule has 1 atom stereocenters. The van der Waals surface area contributed by atoms with Gasteiger partial charge in [0.25, 0.3) is 11.8 Å². The summed E-state index contributed by atoms with van der Waals surface area (Å²) in [6, 6.07) is 11.9. The van der Waals surface area contributed by atoms with Crippen LogP contribution in [0.25, 0.3) is 21.4 Å².